The number of nitrogens with one attached hydrogen (secondary N) is 1. The van der Waals surface area contributed by atoms with Gasteiger partial charge in [0.1, 0.15) is 11.4 Å². The van der Waals surface area contributed by atoms with E-state index in [4.69, 9.17) is 9.47 Å². The average Bonchev–Trinajstić information content (AvgIpc) is 3.32. The van der Waals surface area contributed by atoms with Crippen molar-refractivity contribution in [2.75, 3.05) is 20.8 Å². The Morgan fingerprint density at radius 2 is 1.27 bits per heavy atom. The Balaban J connectivity index is 0.000000797. The molecule has 1 heterocycles. The monoisotopic (exact) mass is 864 g/mol. The zero-order valence-electron chi connectivity index (χ0n) is 43.1. The van der Waals surface area contributed by atoms with E-state index in [-0.39, 0.29) is 24.2 Å². The third-order valence-corrected chi connectivity index (χ3v) is 11.1. The number of ether oxygens (including phenoxy) is 2. The van der Waals surface area contributed by atoms with Crippen molar-refractivity contribution < 1.29 is 19.1 Å². The second-order valence-corrected chi connectivity index (χ2v) is 23.0. The van der Waals surface area contributed by atoms with Crippen LogP contribution in [0.5, 0.6) is 11.5 Å². The van der Waals surface area contributed by atoms with Gasteiger partial charge in [-0.15, -0.1) is 0 Å². The van der Waals surface area contributed by atoms with Crippen LogP contribution in [0.2, 0.25) is 0 Å². The lowest BCUT2D eigenvalue weighted by molar-refractivity contribution is -0.137. The van der Waals surface area contributed by atoms with Gasteiger partial charge < -0.3 is 19.7 Å². The smallest absolute Gasteiger partial charge is 0.253 e. The summed E-state index contributed by atoms with van der Waals surface area (Å²) in [6.07, 6.45) is 11.5. The number of hydrogen-bond acceptors (Lipinski definition) is 5. The van der Waals surface area contributed by atoms with Gasteiger partial charge in [0.25, 0.3) is 5.91 Å². The highest BCUT2D eigenvalue weighted by atomic mass is 16.5. The fourth-order valence-corrected chi connectivity index (χ4v) is 7.51. The van der Waals surface area contributed by atoms with Crippen LogP contribution in [0.25, 0.3) is 0 Å². The lowest BCUT2D eigenvalue weighted by Crippen LogP contribution is -2.45. The Morgan fingerprint density at radius 1 is 0.758 bits per heavy atom. The zero-order valence-corrected chi connectivity index (χ0v) is 43.1. The molecule has 7 nitrogen and oxygen atoms in total. The van der Waals surface area contributed by atoms with Crippen molar-refractivity contribution in [3.63, 3.8) is 0 Å². The molecule has 2 aromatic rings. The Morgan fingerprint density at radius 3 is 1.69 bits per heavy atom. The van der Waals surface area contributed by atoms with Crippen molar-refractivity contribution in [2.45, 2.75) is 214 Å². The first-order chi connectivity index (χ1) is 27.9. The normalized spacial score (nSPS) is 15.7. The summed E-state index contributed by atoms with van der Waals surface area (Å²) in [6, 6.07) is 14.0. The number of hydrogen-bond donors (Lipinski definition) is 1. The number of aryl methyl sites for hydroxylation is 3. The molecular weight excluding hydrogens is 767 g/mol. The molecule has 0 radical (unpaired) electrons. The van der Waals surface area contributed by atoms with E-state index in [0.717, 1.165) is 36.6 Å². The molecule has 0 spiro atoms. The summed E-state index contributed by atoms with van der Waals surface area (Å²) in [5, 5.41) is 3.10. The van der Waals surface area contributed by atoms with E-state index >= 15 is 0 Å². The molecule has 0 bridgehead atoms. The lowest BCUT2D eigenvalue weighted by Gasteiger charge is -2.36. The first kappa shape index (κ1) is 58.5. The standard InChI is InChI=1S/C15H22.C14H29NO.C14H22O2.C11H20N2O.CH4/c1-15(2,3)11-12-8-9-13-6-4-5-7-14(13)10-12;1-8-11(3)15(12(4)9-2)13(16)10-14(5,6)7;1-14(2,3)9-8-11-6-7-12(15-4)13(10-11)16-5;1-8-12-11(5,6)9(14)13(8)7-10(2,3)4;/h8-10H,4-7,11H2,1-3H3;11-12H,8-10H2,1-7H3;6-7,10H,8-9H2,1-5H3;12H,1,7H2,2-6H3;1H4. The fraction of sp³-hybridized carbons (Fsp3) is 0.709. The van der Waals surface area contributed by atoms with Crippen molar-refractivity contribution in [1.29, 1.82) is 0 Å². The summed E-state index contributed by atoms with van der Waals surface area (Å²) >= 11 is 0. The maximum absolute atomic E-state index is 12.3. The van der Waals surface area contributed by atoms with Crippen molar-refractivity contribution in [2.24, 2.45) is 21.7 Å². The van der Waals surface area contributed by atoms with Gasteiger partial charge >= 0.3 is 0 Å². The van der Waals surface area contributed by atoms with Crippen LogP contribution in [0.1, 0.15) is 193 Å². The van der Waals surface area contributed by atoms with Crippen LogP contribution < -0.4 is 14.8 Å². The number of methoxy groups -OCH3 is 2. The second kappa shape index (κ2) is 25.1. The Bertz CT molecular complexity index is 1650. The number of nitrogens with zero attached hydrogens (tertiary/aromatic N) is 2. The molecule has 2 atom stereocenters. The highest BCUT2D eigenvalue weighted by Crippen LogP contribution is 2.31. The molecule has 1 aliphatic heterocycles. The first-order valence-electron chi connectivity index (χ1n) is 23.3. The fourth-order valence-electron chi connectivity index (χ4n) is 7.51. The number of benzene rings is 2. The number of carbonyl (C=O) groups excluding carboxylic acids is 2. The molecule has 2 amide bonds. The number of rotatable bonds is 11. The van der Waals surface area contributed by atoms with Gasteiger partial charge in [-0.25, -0.2) is 0 Å². The van der Waals surface area contributed by atoms with Crippen LogP contribution in [0, 0.1) is 21.7 Å². The summed E-state index contributed by atoms with van der Waals surface area (Å²) in [5.74, 6) is 2.74. The number of amides is 2. The maximum atomic E-state index is 12.3. The minimum absolute atomic E-state index is 0. The van der Waals surface area contributed by atoms with Crippen LogP contribution in [0.4, 0.5) is 0 Å². The third kappa shape index (κ3) is 21.7. The molecule has 2 aliphatic rings. The Hall–Kier alpha value is -3.48. The van der Waals surface area contributed by atoms with Gasteiger partial charge in [-0.2, -0.15) is 0 Å². The summed E-state index contributed by atoms with van der Waals surface area (Å²) in [4.78, 5) is 28.0. The molecule has 2 aromatic carbocycles. The van der Waals surface area contributed by atoms with Crippen molar-refractivity contribution in [3.05, 3.63) is 71.1 Å². The van der Waals surface area contributed by atoms with E-state index in [2.05, 4.69) is 158 Å². The molecule has 1 saturated heterocycles. The van der Waals surface area contributed by atoms with E-state index < -0.39 is 5.54 Å². The van der Waals surface area contributed by atoms with Crippen molar-refractivity contribution >= 4 is 11.8 Å². The van der Waals surface area contributed by atoms with Crippen LogP contribution in [0.3, 0.4) is 0 Å². The van der Waals surface area contributed by atoms with Gasteiger partial charge in [0.05, 0.1) is 14.2 Å². The summed E-state index contributed by atoms with van der Waals surface area (Å²) < 4.78 is 10.5. The van der Waals surface area contributed by atoms with E-state index in [0.29, 0.717) is 41.8 Å². The predicted molar refractivity (Wildman–Crippen MR) is 268 cm³/mol. The summed E-state index contributed by atoms with van der Waals surface area (Å²) in [5.41, 5.74) is 6.48. The number of fused-ring (bicyclic) bond motifs is 1. The largest absolute Gasteiger partial charge is 0.493 e. The van der Waals surface area contributed by atoms with E-state index in [1.54, 1.807) is 30.2 Å². The van der Waals surface area contributed by atoms with E-state index in [1.165, 1.54) is 49.7 Å². The van der Waals surface area contributed by atoms with E-state index in [9.17, 15) is 9.59 Å². The van der Waals surface area contributed by atoms with Crippen LogP contribution in [-0.2, 0) is 35.3 Å². The average molecular weight is 864 g/mol. The minimum atomic E-state index is -0.498. The van der Waals surface area contributed by atoms with Gasteiger partial charge in [0.15, 0.2) is 11.5 Å². The van der Waals surface area contributed by atoms with Crippen LogP contribution >= 0.6 is 0 Å². The molecule has 4 rings (SSSR count). The summed E-state index contributed by atoms with van der Waals surface area (Å²) in [7, 11) is 3.33. The molecular formula is C55H97N3O4. The molecule has 1 aliphatic carbocycles. The molecule has 1 N–H and O–H groups in total. The number of carbonyl (C=O) groups is 2. The van der Waals surface area contributed by atoms with E-state index in [1.807, 2.05) is 19.9 Å². The predicted octanol–water partition coefficient (Wildman–Crippen LogP) is 14.0. The van der Waals surface area contributed by atoms with Crippen LogP contribution in [-0.4, -0.2) is 60.0 Å². The van der Waals surface area contributed by atoms with Gasteiger partial charge in [-0.05, 0) is 142 Å². The minimum Gasteiger partial charge on any atom is -0.493 e. The molecule has 7 heteroatoms. The molecule has 2 unspecified atom stereocenters. The third-order valence-electron chi connectivity index (χ3n) is 11.1. The first-order valence-corrected chi connectivity index (χ1v) is 23.3. The second-order valence-electron chi connectivity index (χ2n) is 23.0. The van der Waals surface area contributed by atoms with Gasteiger partial charge in [0.2, 0.25) is 5.91 Å². The molecule has 62 heavy (non-hydrogen) atoms. The van der Waals surface area contributed by atoms with Gasteiger partial charge in [-0.3, -0.25) is 14.5 Å². The Labute approximate surface area is 383 Å². The summed E-state index contributed by atoms with van der Waals surface area (Å²) in [6.45, 7) is 43.3. The SMILES string of the molecule is C.C=C1NC(C)(C)C(=O)N1CC(C)(C)C.CC(C)(C)Cc1ccc2c(c1)CCCC2.CCC(C)N(C(=O)CC(C)(C)C)C(C)CC.COc1ccc(CCC(C)(C)C)cc1OC. The quantitative estimate of drug-likeness (QED) is 0.244. The zero-order chi connectivity index (χ0) is 47.1. The highest BCUT2D eigenvalue weighted by Gasteiger charge is 2.42. The van der Waals surface area contributed by atoms with Gasteiger partial charge in [-0.1, -0.05) is 135 Å². The van der Waals surface area contributed by atoms with Crippen molar-refractivity contribution in [3.8, 4) is 11.5 Å². The molecule has 0 saturated carbocycles. The molecule has 0 aromatic heterocycles. The highest BCUT2D eigenvalue weighted by molar-refractivity contribution is 5.90. The van der Waals surface area contributed by atoms with Crippen molar-refractivity contribution in [1.82, 2.24) is 15.1 Å². The molecule has 1 fully saturated rings. The lowest BCUT2D eigenvalue weighted by atomic mass is 9.84. The maximum Gasteiger partial charge on any atom is 0.253 e. The van der Waals surface area contributed by atoms with Crippen LogP contribution in [0.15, 0.2) is 48.8 Å². The Kier molecular flexibility index (Phi) is 23.7. The topological polar surface area (TPSA) is 71.1 Å². The van der Waals surface area contributed by atoms with Gasteiger partial charge in [0, 0.05) is 25.0 Å². The molecule has 356 valence electrons.